The summed E-state index contributed by atoms with van der Waals surface area (Å²) in [6.45, 7) is 4.42. The van der Waals surface area contributed by atoms with Crippen LogP contribution in [0.4, 0.5) is 0 Å². The Balaban J connectivity index is 3.15. The average Bonchev–Trinajstić information content (AvgIpc) is 2.35. The van der Waals surface area contributed by atoms with Gasteiger partial charge in [-0.2, -0.15) is 5.12 Å². The third kappa shape index (κ3) is 11.0. The van der Waals surface area contributed by atoms with Crippen molar-refractivity contribution in [2.24, 2.45) is 11.7 Å². The maximum Gasteiger partial charge on any atom is 0.0392 e. The van der Waals surface area contributed by atoms with Gasteiger partial charge in [-0.15, -0.1) is 0 Å². The Labute approximate surface area is 114 Å². The van der Waals surface area contributed by atoms with E-state index in [0.717, 1.165) is 12.8 Å². The second-order valence-corrected chi connectivity index (χ2v) is 5.48. The lowest BCUT2D eigenvalue weighted by Gasteiger charge is -2.21. The van der Waals surface area contributed by atoms with Gasteiger partial charge in [-0.1, -0.05) is 78.1 Å². The fourth-order valence-electron chi connectivity index (χ4n) is 2.43. The van der Waals surface area contributed by atoms with E-state index in [9.17, 15) is 0 Å². The van der Waals surface area contributed by atoms with Crippen LogP contribution in [-0.4, -0.2) is 11.2 Å². The quantitative estimate of drug-likeness (QED) is 0.296. The van der Waals surface area contributed by atoms with E-state index >= 15 is 0 Å². The van der Waals surface area contributed by atoms with Gasteiger partial charge in [0.15, 0.2) is 0 Å². The summed E-state index contributed by atoms with van der Waals surface area (Å²) in [5, 5.41) is 1.38. The minimum atomic E-state index is 0.360. The van der Waals surface area contributed by atoms with Gasteiger partial charge in [0.05, 0.1) is 0 Å². The molecule has 0 aliphatic heterocycles. The first kappa shape index (κ1) is 17.9. The van der Waals surface area contributed by atoms with Gasteiger partial charge in [0.2, 0.25) is 0 Å². The first-order valence-corrected chi connectivity index (χ1v) is 8.01. The van der Waals surface area contributed by atoms with E-state index < -0.39 is 0 Å². The lowest BCUT2D eigenvalue weighted by atomic mass is 10.0. The zero-order valence-electron chi connectivity index (χ0n) is 12.7. The summed E-state index contributed by atoms with van der Waals surface area (Å²) >= 11 is 0. The Morgan fingerprint density at radius 2 is 1.17 bits per heavy atom. The van der Waals surface area contributed by atoms with E-state index in [1.807, 2.05) is 0 Å². The SMILES string of the molecule is CCCCCCCCCCCCC(CC)N(N)N. The zero-order valence-corrected chi connectivity index (χ0v) is 12.7. The first-order valence-electron chi connectivity index (χ1n) is 8.01. The smallest absolute Gasteiger partial charge is 0.0392 e. The summed E-state index contributed by atoms with van der Waals surface area (Å²) in [4.78, 5) is 0. The molecular formula is C15H35N3. The van der Waals surface area contributed by atoms with E-state index in [0.29, 0.717) is 6.04 Å². The summed E-state index contributed by atoms with van der Waals surface area (Å²) in [6, 6.07) is 0.360. The number of hydrazine groups is 2. The van der Waals surface area contributed by atoms with E-state index in [1.54, 1.807) is 0 Å². The van der Waals surface area contributed by atoms with Crippen molar-refractivity contribution in [3.05, 3.63) is 0 Å². The standard InChI is InChI=1S/C15H35N3/c1-3-5-6-7-8-9-10-11-12-13-14-15(4-2)18(16)17/h15H,3-14,16-17H2,1-2H3. The molecule has 0 rings (SSSR count). The molecule has 0 aromatic heterocycles. The summed E-state index contributed by atoms with van der Waals surface area (Å²) in [6.07, 6.45) is 16.0. The molecule has 0 amide bonds. The van der Waals surface area contributed by atoms with Crippen molar-refractivity contribution in [2.75, 3.05) is 0 Å². The maximum atomic E-state index is 5.58. The molecule has 3 heteroatoms. The van der Waals surface area contributed by atoms with E-state index in [4.69, 9.17) is 11.7 Å². The average molecular weight is 257 g/mol. The van der Waals surface area contributed by atoms with Crippen LogP contribution in [0.1, 0.15) is 90.9 Å². The highest BCUT2D eigenvalue weighted by Gasteiger charge is 2.08. The molecule has 0 saturated carbocycles. The highest BCUT2D eigenvalue weighted by molar-refractivity contribution is 4.61. The Morgan fingerprint density at radius 3 is 1.56 bits per heavy atom. The monoisotopic (exact) mass is 257 g/mol. The minimum absolute atomic E-state index is 0.360. The highest BCUT2D eigenvalue weighted by atomic mass is 15.6. The predicted octanol–water partition coefficient (Wildman–Crippen LogP) is 4.13. The highest BCUT2D eigenvalue weighted by Crippen LogP contribution is 2.13. The van der Waals surface area contributed by atoms with Crippen LogP contribution in [0.25, 0.3) is 0 Å². The van der Waals surface area contributed by atoms with Crippen molar-refractivity contribution in [3.8, 4) is 0 Å². The van der Waals surface area contributed by atoms with Gasteiger partial charge >= 0.3 is 0 Å². The summed E-state index contributed by atoms with van der Waals surface area (Å²) in [7, 11) is 0. The number of rotatable bonds is 13. The Hall–Kier alpha value is -0.120. The van der Waals surface area contributed by atoms with Crippen LogP contribution >= 0.6 is 0 Å². The number of unbranched alkanes of at least 4 members (excludes halogenated alkanes) is 9. The molecule has 0 saturated heterocycles. The van der Waals surface area contributed by atoms with Crippen molar-refractivity contribution >= 4 is 0 Å². The van der Waals surface area contributed by atoms with Crippen molar-refractivity contribution in [3.63, 3.8) is 0 Å². The van der Waals surface area contributed by atoms with Crippen LogP contribution in [0.2, 0.25) is 0 Å². The van der Waals surface area contributed by atoms with Gasteiger partial charge in [-0.05, 0) is 12.8 Å². The van der Waals surface area contributed by atoms with Gasteiger partial charge in [-0.25, -0.2) is 0 Å². The van der Waals surface area contributed by atoms with Gasteiger partial charge in [0.25, 0.3) is 0 Å². The van der Waals surface area contributed by atoms with Crippen molar-refractivity contribution in [1.29, 1.82) is 0 Å². The zero-order chi connectivity index (χ0) is 13.6. The summed E-state index contributed by atoms with van der Waals surface area (Å²) in [5.74, 6) is 11.2. The normalized spacial score (nSPS) is 13.2. The van der Waals surface area contributed by atoms with E-state index in [1.165, 1.54) is 69.3 Å². The molecule has 0 bridgehead atoms. The molecule has 0 fully saturated rings. The Kier molecular flexibility index (Phi) is 13.2. The molecule has 0 radical (unpaired) electrons. The molecule has 110 valence electrons. The predicted molar refractivity (Wildman–Crippen MR) is 80.8 cm³/mol. The van der Waals surface area contributed by atoms with E-state index in [-0.39, 0.29) is 0 Å². The molecule has 3 nitrogen and oxygen atoms in total. The van der Waals surface area contributed by atoms with Gasteiger partial charge in [0.1, 0.15) is 0 Å². The molecule has 1 unspecified atom stereocenters. The van der Waals surface area contributed by atoms with Crippen LogP contribution in [-0.2, 0) is 0 Å². The number of nitrogens with two attached hydrogens (primary N) is 2. The second kappa shape index (κ2) is 13.3. The molecule has 4 N–H and O–H groups in total. The molecule has 1 atom stereocenters. The fraction of sp³-hybridized carbons (Fsp3) is 1.00. The second-order valence-electron chi connectivity index (χ2n) is 5.48. The molecule has 18 heavy (non-hydrogen) atoms. The fourth-order valence-corrected chi connectivity index (χ4v) is 2.43. The van der Waals surface area contributed by atoms with Gasteiger partial charge < -0.3 is 0 Å². The Morgan fingerprint density at radius 1 is 0.722 bits per heavy atom. The largest absolute Gasteiger partial charge is 0.255 e. The molecule has 0 spiro atoms. The van der Waals surface area contributed by atoms with Gasteiger partial charge in [-0.3, -0.25) is 11.7 Å². The molecule has 0 aromatic carbocycles. The van der Waals surface area contributed by atoms with Crippen LogP contribution in [0.5, 0.6) is 0 Å². The lowest BCUT2D eigenvalue weighted by molar-refractivity contribution is 0.185. The van der Waals surface area contributed by atoms with Crippen molar-refractivity contribution in [1.82, 2.24) is 5.12 Å². The van der Waals surface area contributed by atoms with Crippen molar-refractivity contribution in [2.45, 2.75) is 96.9 Å². The van der Waals surface area contributed by atoms with Crippen molar-refractivity contribution < 1.29 is 0 Å². The van der Waals surface area contributed by atoms with Crippen LogP contribution in [0.3, 0.4) is 0 Å². The van der Waals surface area contributed by atoms with Crippen LogP contribution < -0.4 is 11.7 Å². The third-order valence-corrected chi connectivity index (χ3v) is 3.78. The first-order chi connectivity index (χ1) is 8.72. The van der Waals surface area contributed by atoms with Crippen LogP contribution in [0, 0.1) is 0 Å². The molecule has 0 heterocycles. The van der Waals surface area contributed by atoms with Crippen LogP contribution in [0.15, 0.2) is 0 Å². The maximum absolute atomic E-state index is 5.58. The topological polar surface area (TPSA) is 55.3 Å². The minimum Gasteiger partial charge on any atom is -0.255 e. The molecule has 0 aliphatic rings. The molecule has 0 aliphatic carbocycles. The van der Waals surface area contributed by atoms with Gasteiger partial charge in [0, 0.05) is 6.04 Å². The number of hydrogen-bond acceptors (Lipinski definition) is 3. The number of hydrogen-bond donors (Lipinski definition) is 2. The summed E-state index contributed by atoms with van der Waals surface area (Å²) in [5.41, 5.74) is 0. The summed E-state index contributed by atoms with van der Waals surface area (Å²) < 4.78 is 0. The lowest BCUT2D eigenvalue weighted by Crippen LogP contribution is -2.46. The molecular weight excluding hydrogens is 222 g/mol. The number of nitrogens with zero attached hydrogens (tertiary/aromatic N) is 1. The molecule has 0 aromatic rings. The third-order valence-electron chi connectivity index (χ3n) is 3.78. The van der Waals surface area contributed by atoms with E-state index in [2.05, 4.69) is 13.8 Å². The Bertz CT molecular complexity index is 160.